The maximum atomic E-state index is 12.5. The number of carbonyl (C=O) groups is 3. The van der Waals surface area contributed by atoms with Crippen LogP contribution >= 0.6 is 0 Å². The molecular formula is C26H23NO5. The van der Waals surface area contributed by atoms with Gasteiger partial charge in [0.1, 0.15) is 11.9 Å². The lowest BCUT2D eigenvalue weighted by atomic mass is 9.95. The fraction of sp³-hybridized carbons (Fsp3) is 0.192. The molecule has 0 aliphatic carbocycles. The summed E-state index contributed by atoms with van der Waals surface area (Å²) in [6, 6.07) is 19.8. The summed E-state index contributed by atoms with van der Waals surface area (Å²) in [5.74, 6) is 0.0259. The molecule has 0 radical (unpaired) electrons. The van der Waals surface area contributed by atoms with Gasteiger partial charge in [0.05, 0.1) is 19.2 Å². The van der Waals surface area contributed by atoms with Crippen LogP contribution < -0.4 is 10.1 Å². The van der Waals surface area contributed by atoms with Crippen LogP contribution in [0.2, 0.25) is 0 Å². The van der Waals surface area contributed by atoms with Crippen molar-refractivity contribution in [2.24, 2.45) is 0 Å². The third-order valence-corrected chi connectivity index (χ3v) is 5.46. The summed E-state index contributed by atoms with van der Waals surface area (Å²) in [5, 5.41) is 2.87. The van der Waals surface area contributed by atoms with E-state index in [1.54, 1.807) is 25.1 Å². The first-order chi connectivity index (χ1) is 15.5. The number of rotatable bonds is 6. The van der Waals surface area contributed by atoms with Gasteiger partial charge in [-0.2, -0.15) is 0 Å². The highest BCUT2D eigenvalue weighted by molar-refractivity contribution is 6.01. The molecule has 0 aromatic heterocycles. The van der Waals surface area contributed by atoms with Gasteiger partial charge in [-0.3, -0.25) is 9.59 Å². The Hall–Kier alpha value is -3.93. The zero-order valence-electron chi connectivity index (χ0n) is 17.9. The van der Waals surface area contributed by atoms with E-state index in [1.165, 1.54) is 13.2 Å². The van der Waals surface area contributed by atoms with E-state index in [1.807, 2.05) is 42.5 Å². The molecule has 0 saturated carbocycles. The molecule has 162 valence electrons. The second kappa shape index (κ2) is 9.06. The first-order valence-electron chi connectivity index (χ1n) is 10.3. The third-order valence-electron chi connectivity index (χ3n) is 5.46. The maximum Gasteiger partial charge on any atom is 0.337 e. The maximum absolute atomic E-state index is 12.5. The molecule has 0 spiro atoms. The minimum Gasteiger partial charge on any atom is -0.488 e. The highest BCUT2D eigenvalue weighted by Crippen LogP contribution is 2.34. The van der Waals surface area contributed by atoms with Crippen LogP contribution in [0, 0.1) is 0 Å². The highest BCUT2D eigenvalue weighted by Gasteiger charge is 2.24. The Balaban J connectivity index is 1.43. The fourth-order valence-corrected chi connectivity index (χ4v) is 3.86. The molecule has 1 N–H and O–H groups in total. The monoisotopic (exact) mass is 429 g/mol. The Kier molecular flexibility index (Phi) is 6.03. The number of esters is 1. The number of ether oxygens (including phenoxy) is 2. The number of methoxy groups -OCH3 is 1. The van der Waals surface area contributed by atoms with E-state index in [0.717, 1.165) is 22.4 Å². The van der Waals surface area contributed by atoms with Crippen molar-refractivity contribution in [2.45, 2.75) is 19.4 Å². The molecule has 0 bridgehead atoms. The largest absolute Gasteiger partial charge is 0.488 e. The van der Waals surface area contributed by atoms with E-state index in [2.05, 4.69) is 5.32 Å². The summed E-state index contributed by atoms with van der Waals surface area (Å²) in [7, 11) is 1.30. The number of amides is 1. The molecule has 1 amide bonds. The topological polar surface area (TPSA) is 81.7 Å². The van der Waals surface area contributed by atoms with Gasteiger partial charge in [-0.05, 0) is 53.9 Å². The minimum atomic E-state index is -0.489. The number of hydrogen-bond acceptors (Lipinski definition) is 5. The molecule has 6 heteroatoms. The molecule has 3 aromatic carbocycles. The van der Waals surface area contributed by atoms with Crippen molar-refractivity contribution < 1.29 is 23.9 Å². The van der Waals surface area contributed by atoms with Crippen molar-refractivity contribution in [3.8, 4) is 16.9 Å². The van der Waals surface area contributed by atoms with Gasteiger partial charge in [-0.15, -0.1) is 0 Å². The SMILES string of the molecule is COC(=O)c1cccc(C(=O)NCC2Cc3cc(-c4ccccc4C(C)=O)ccc3O2)c1. The van der Waals surface area contributed by atoms with Crippen molar-refractivity contribution in [1.29, 1.82) is 0 Å². The Morgan fingerprint density at radius 2 is 1.78 bits per heavy atom. The van der Waals surface area contributed by atoms with Gasteiger partial charge < -0.3 is 14.8 Å². The van der Waals surface area contributed by atoms with Crippen molar-refractivity contribution in [1.82, 2.24) is 5.32 Å². The average molecular weight is 429 g/mol. The number of benzene rings is 3. The molecule has 0 saturated heterocycles. The van der Waals surface area contributed by atoms with Crippen LogP contribution in [0.1, 0.15) is 43.6 Å². The van der Waals surface area contributed by atoms with Crippen LogP contribution in [0.5, 0.6) is 5.75 Å². The fourth-order valence-electron chi connectivity index (χ4n) is 3.86. The molecule has 3 aromatic rings. The molecule has 1 aliphatic rings. The number of Topliss-reactive ketones (excluding diaryl/α,β-unsaturated/α-hetero) is 1. The number of fused-ring (bicyclic) bond motifs is 1. The highest BCUT2D eigenvalue weighted by atomic mass is 16.5. The number of carbonyl (C=O) groups excluding carboxylic acids is 3. The third kappa shape index (κ3) is 4.39. The lowest BCUT2D eigenvalue weighted by Crippen LogP contribution is -2.34. The number of hydrogen-bond donors (Lipinski definition) is 1. The summed E-state index contributed by atoms with van der Waals surface area (Å²) in [6.07, 6.45) is 0.449. The van der Waals surface area contributed by atoms with E-state index in [-0.39, 0.29) is 17.8 Å². The van der Waals surface area contributed by atoms with Gasteiger partial charge in [0, 0.05) is 17.5 Å². The van der Waals surface area contributed by atoms with Gasteiger partial charge in [-0.1, -0.05) is 36.4 Å². The Labute approximate surface area is 186 Å². The number of nitrogens with one attached hydrogen (secondary N) is 1. The zero-order chi connectivity index (χ0) is 22.7. The minimum absolute atomic E-state index is 0.0224. The number of ketones is 1. The molecule has 1 atom stereocenters. The van der Waals surface area contributed by atoms with Crippen LogP contribution in [0.4, 0.5) is 0 Å². The smallest absolute Gasteiger partial charge is 0.337 e. The van der Waals surface area contributed by atoms with Crippen molar-refractivity contribution >= 4 is 17.7 Å². The summed E-state index contributed by atoms with van der Waals surface area (Å²) >= 11 is 0. The first-order valence-corrected chi connectivity index (χ1v) is 10.3. The molecular weight excluding hydrogens is 406 g/mol. The van der Waals surface area contributed by atoms with Crippen molar-refractivity contribution in [3.63, 3.8) is 0 Å². The van der Waals surface area contributed by atoms with E-state index in [4.69, 9.17) is 9.47 Å². The lowest BCUT2D eigenvalue weighted by Gasteiger charge is -2.12. The van der Waals surface area contributed by atoms with Crippen LogP contribution in [-0.2, 0) is 11.2 Å². The van der Waals surface area contributed by atoms with Crippen LogP contribution in [0.25, 0.3) is 11.1 Å². The molecule has 32 heavy (non-hydrogen) atoms. The second-order valence-electron chi connectivity index (χ2n) is 7.65. The molecule has 1 heterocycles. The quantitative estimate of drug-likeness (QED) is 0.472. The molecule has 0 fully saturated rings. The molecule has 1 aliphatic heterocycles. The summed E-state index contributed by atoms with van der Waals surface area (Å²) in [6.45, 7) is 1.89. The normalized spacial score (nSPS) is 14.2. The van der Waals surface area contributed by atoms with E-state index >= 15 is 0 Å². The van der Waals surface area contributed by atoms with E-state index < -0.39 is 5.97 Å². The predicted molar refractivity (Wildman–Crippen MR) is 120 cm³/mol. The molecule has 6 nitrogen and oxygen atoms in total. The summed E-state index contributed by atoms with van der Waals surface area (Å²) in [5.41, 5.74) is 4.28. The second-order valence-corrected chi connectivity index (χ2v) is 7.65. The first kappa shape index (κ1) is 21.3. The Morgan fingerprint density at radius 1 is 1.00 bits per heavy atom. The van der Waals surface area contributed by atoms with Gasteiger partial charge in [0.2, 0.25) is 0 Å². The van der Waals surface area contributed by atoms with Gasteiger partial charge in [0.15, 0.2) is 5.78 Å². The van der Waals surface area contributed by atoms with Crippen molar-refractivity contribution in [2.75, 3.05) is 13.7 Å². The van der Waals surface area contributed by atoms with Gasteiger partial charge >= 0.3 is 5.97 Å². The van der Waals surface area contributed by atoms with E-state index in [0.29, 0.717) is 29.7 Å². The van der Waals surface area contributed by atoms with E-state index in [9.17, 15) is 14.4 Å². The summed E-state index contributed by atoms with van der Waals surface area (Å²) in [4.78, 5) is 36.2. The molecule has 4 rings (SSSR count). The van der Waals surface area contributed by atoms with Crippen LogP contribution in [0.3, 0.4) is 0 Å². The predicted octanol–water partition coefficient (Wildman–Crippen LogP) is 4.08. The van der Waals surface area contributed by atoms with Crippen molar-refractivity contribution in [3.05, 3.63) is 89.0 Å². The van der Waals surface area contributed by atoms with Gasteiger partial charge in [-0.25, -0.2) is 4.79 Å². The Bertz CT molecular complexity index is 1200. The lowest BCUT2D eigenvalue weighted by molar-refractivity contribution is 0.0600. The average Bonchev–Trinajstić information content (AvgIpc) is 3.24. The van der Waals surface area contributed by atoms with Crippen LogP contribution in [-0.4, -0.2) is 37.4 Å². The van der Waals surface area contributed by atoms with Crippen LogP contribution in [0.15, 0.2) is 66.7 Å². The Morgan fingerprint density at radius 3 is 2.56 bits per heavy atom. The standard InChI is InChI=1S/C26H23NO5/c1-16(28)22-8-3-4-9-23(22)17-10-11-24-20(12-17)14-21(32-24)15-27-25(29)18-6-5-7-19(13-18)26(30)31-2/h3-13,21H,14-15H2,1-2H3,(H,27,29). The zero-order valence-corrected chi connectivity index (χ0v) is 17.9. The van der Waals surface area contributed by atoms with Gasteiger partial charge in [0.25, 0.3) is 5.91 Å². The molecule has 1 unspecified atom stereocenters. The summed E-state index contributed by atoms with van der Waals surface area (Å²) < 4.78 is 10.7.